The van der Waals surface area contributed by atoms with Crippen molar-refractivity contribution < 1.29 is 9.50 Å². The van der Waals surface area contributed by atoms with E-state index in [9.17, 15) is 9.50 Å². The van der Waals surface area contributed by atoms with Crippen molar-refractivity contribution in [1.82, 2.24) is 0 Å². The van der Waals surface area contributed by atoms with Crippen LogP contribution >= 0.6 is 11.6 Å². The van der Waals surface area contributed by atoms with Gasteiger partial charge in [-0.25, -0.2) is 4.39 Å². The molecule has 2 rings (SSSR count). The van der Waals surface area contributed by atoms with Crippen LogP contribution in [0.2, 0.25) is 5.02 Å². The van der Waals surface area contributed by atoms with E-state index in [2.05, 4.69) is 0 Å². The highest BCUT2D eigenvalue weighted by molar-refractivity contribution is 6.31. The fourth-order valence-corrected chi connectivity index (χ4v) is 2.36. The maximum absolute atomic E-state index is 14.0. The third-order valence-electron chi connectivity index (χ3n) is 2.95. The smallest absolute Gasteiger partial charge is 0.129 e. The Hall–Kier alpha value is -1.38. The first-order valence-electron chi connectivity index (χ1n) is 5.70. The van der Waals surface area contributed by atoms with Crippen LogP contribution in [0.15, 0.2) is 36.4 Å². The average Bonchev–Trinajstić information content (AvgIpc) is 2.27. The lowest BCUT2D eigenvalue weighted by Crippen LogP contribution is -2.06. The molecule has 1 N–H and O–H groups in total. The molecule has 2 aromatic carbocycles. The summed E-state index contributed by atoms with van der Waals surface area (Å²) in [5, 5.41) is 10.7. The van der Waals surface area contributed by atoms with Gasteiger partial charge in [-0.05, 0) is 37.1 Å². The molecule has 0 radical (unpaired) electrons. The number of aliphatic hydroxyl groups is 1. The van der Waals surface area contributed by atoms with E-state index in [1.165, 1.54) is 6.07 Å². The predicted octanol–water partition coefficient (Wildman–Crippen LogP) is 4.18. The number of halogens is 2. The Kier molecular flexibility index (Phi) is 3.69. The van der Waals surface area contributed by atoms with Crippen molar-refractivity contribution in [2.24, 2.45) is 0 Å². The molecule has 0 amide bonds. The summed E-state index contributed by atoms with van der Waals surface area (Å²) >= 11 is 6.02. The highest BCUT2D eigenvalue weighted by Gasteiger charge is 2.19. The van der Waals surface area contributed by atoms with Gasteiger partial charge in [0.25, 0.3) is 0 Å². The Labute approximate surface area is 111 Å². The number of aryl methyl sites for hydroxylation is 2. The molecule has 1 atom stereocenters. The minimum atomic E-state index is -1.04. The normalized spacial score (nSPS) is 12.5. The Bertz CT molecular complexity index is 557. The molecule has 1 unspecified atom stereocenters. The highest BCUT2D eigenvalue weighted by atomic mass is 35.5. The van der Waals surface area contributed by atoms with Gasteiger partial charge in [0.15, 0.2) is 0 Å². The summed E-state index contributed by atoms with van der Waals surface area (Å²) in [6, 6.07) is 10.2. The molecular formula is C15H14ClFO. The van der Waals surface area contributed by atoms with E-state index in [0.29, 0.717) is 10.6 Å². The molecule has 0 aliphatic rings. The first-order valence-corrected chi connectivity index (χ1v) is 6.07. The highest BCUT2D eigenvalue weighted by Crippen LogP contribution is 2.31. The van der Waals surface area contributed by atoms with E-state index in [4.69, 9.17) is 11.6 Å². The second-order valence-electron chi connectivity index (χ2n) is 4.40. The Morgan fingerprint density at radius 2 is 1.83 bits per heavy atom. The zero-order valence-electron chi connectivity index (χ0n) is 10.2. The zero-order valence-corrected chi connectivity index (χ0v) is 11.0. The molecule has 0 aromatic heterocycles. The van der Waals surface area contributed by atoms with Gasteiger partial charge in [0.2, 0.25) is 0 Å². The van der Waals surface area contributed by atoms with Crippen LogP contribution in [0.1, 0.15) is 28.4 Å². The molecule has 0 saturated heterocycles. The van der Waals surface area contributed by atoms with Crippen molar-refractivity contribution in [1.29, 1.82) is 0 Å². The van der Waals surface area contributed by atoms with Gasteiger partial charge in [0, 0.05) is 16.1 Å². The predicted molar refractivity (Wildman–Crippen MR) is 71.4 cm³/mol. The standard InChI is InChI=1S/C15H14ClFO/c1-9-7-10(2)14(13(17)8-9)15(18)11-5-3-4-6-12(11)16/h3-8,15,18H,1-2H3. The molecular weight excluding hydrogens is 251 g/mol. The van der Waals surface area contributed by atoms with Gasteiger partial charge in [0.05, 0.1) is 0 Å². The van der Waals surface area contributed by atoms with Crippen LogP contribution in [0.25, 0.3) is 0 Å². The molecule has 2 aromatic rings. The molecule has 18 heavy (non-hydrogen) atoms. The summed E-state index contributed by atoms with van der Waals surface area (Å²) in [6.07, 6.45) is -1.04. The summed E-state index contributed by atoms with van der Waals surface area (Å²) < 4.78 is 14.0. The van der Waals surface area contributed by atoms with Gasteiger partial charge in [-0.3, -0.25) is 0 Å². The van der Waals surface area contributed by atoms with Crippen LogP contribution in [0.3, 0.4) is 0 Å². The SMILES string of the molecule is Cc1cc(C)c(C(O)c2ccccc2Cl)c(F)c1. The van der Waals surface area contributed by atoms with E-state index >= 15 is 0 Å². The van der Waals surface area contributed by atoms with Crippen molar-refractivity contribution in [3.8, 4) is 0 Å². The third kappa shape index (κ3) is 2.40. The maximum atomic E-state index is 14.0. The number of hydrogen-bond donors (Lipinski definition) is 1. The number of rotatable bonds is 2. The Balaban J connectivity index is 2.53. The van der Waals surface area contributed by atoms with Crippen LogP contribution < -0.4 is 0 Å². The third-order valence-corrected chi connectivity index (χ3v) is 3.30. The van der Waals surface area contributed by atoms with Crippen molar-refractivity contribution in [3.05, 3.63) is 69.5 Å². The summed E-state index contributed by atoms with van der Waals surface area (Å²) in [6.45, 7) is 3.60. The van der Waals surface area contributed by atoms with Crippen LogP contribution in [-0.2, 0) is 0 Å². The number of benzene rings is 2. The van der Waals surface area contributed by atoms with Crippen molar-refractivity contribution in [2.45, 2.75) is 20.0 Å². The van der Waals surface area contributed by atoms with Gasteiger partial charge >= 0.3 is 0 Å². The summed E-state index contributed by atoms with van der Waals surface area (Å²) in [5.74, 6) is -0.403. The molecule has 0 saturated carbocycles. The minimum absolute atomic E-state index is 0.286. The van der Waals surface area contributed by atoms with Gasteiger partial charge in [-0.2, -0.15) is 0 Å². The van der Waals surface area contributed by atoms with Crippen molar-refractivity contribution in [2.75, 3.05) is 0 Å². The zero-order chi connectivity index (χ0) is 13.3. The molecule has 3 heteroatoms. The number of hydrogen-bond acceptors (Lipinski definition) is 1. The van der Waals surface area contributed by atoms with E-state index < -0.39 is 11.9 Å². The fourth-order valence-electron chi connectivity index (χ4n) is 2.13. The second-order valence-corrected chi connectivity index (χ2v) is 4.81. The van der Waals surface area contributed by atoms with Crippen LogP contribution in [-0.4, -0.2) is 5.11 Å². The second kappa shape index (κ2) is 5.09. The summed E-state index contributed by atoms with van der Waals surface area (Å²) in [4.78, 5) is 0. The number of aliphatic hydroxyl groups excluding tert-OH is 1. The molecule has 0 spiro atoms. The van der Waals surface area contributed by atoms with Crippen molar-refractivity contribution in [3.63, 3.8) is 0 Å². The van der Waals surface area contributed by atoms with Crippen molar-refractivity contribution >= 4 is 11.6 Å². The molecule has 1 nitrogen and oxygen atoms in total. The first-order chi connectivity index (χ1) is 8.50. The monoisotopic (exact) mass is 264 g/mol. The minimum Gasteiger partial charge on any atom is -0.383 e. The van der Waals surface area contributed by atoms with Crippen LogP contribution in [0, 0.1) is 19.7 Å². The van der Waals surface area contributed by atoms with Gasteiger partial charge in [-0.1, -0.05) is 35.9 Å². The maximum Gasteiger partial charge on any atom is 0.129 e. The lowest BCUT2D eigenvalue weighted by Gasteiger charge is -2.17. The summed E-state index contributed by atoms with van der Waals surface area (Å²) in [5.41, 5.74) is 2.36. The quantitative estimate of drug-likeness (QED) is 0.863. The molecule has 0 aliphatic carbocycles. The lowest BCUT2D eigenvalue weighted by molar-refractivity contribution is 0.214. The van der Waals surface area contributed by atoms with Gasteiger partial charge < -0.3 is 5.11 Å². The molecule has 0 fully saturated rings. The lowest BCUT2D eigenvalue weighted by atomic mass is 9.95. The van der Waals surface area contributed by atoms with Gasteiger partial charge in [-0.15, -0.1) is 0 Å². The Morgan fingerprint density at radius 3 is 2.44 bits per heavy atom. The van der Waals surface area contributed by atoms with Gasteiger partial charge in [0.1, 0.15) is 11.9 Å². The summed E-state index contributed by atoms with van der Waals surface area (Å²) in [7, 11) is 0. The Morgan fingerprint density at radius 1 is 1.17 bits per heavy atom. The van der Waals surface area contributed by atoms with E-state index in [1.807, 2.05) is 13.0 Å². The van der Waals surface area contributed by atoms with E-state index in [1.54, 1.807) is 31.2 Å². The molecule has 0 heterocycles. The fraction of sp³-hybridized carbons (Fsp3) is 0.200. The van der Waals surface area contributed by atoms with E-state index in [-0.39, 0.29) is 5.56 Å². The van der Waals surface area contributed by atoms with Crippen LogP contribution in [0.5, 0.6) is 0 Å². The first kappa shape index (κ1) is 13.1. The molecule has 0 bridgehead atoms. The average molecular weight is 265 g/mol. The van der Waals surface area contributed by atoms with E-state index in [0.717, 1.165) is 11.1 Å². The molecule has 94 valence electrons. The topological polar surface area (TPSA) is 20.2 Å². The largest absolute Gasteiger partial charge is 0.383 e. The molecule has 0 aliphatic heterocycles. The van der Waals surface area contributed by atoms with Crippen LogP contribution in [0.4, 0.5) is 4.39 Å².